The van der Waals surface area contributed by atoms with Gasteiger partial charge < -0.3 is 4.98 Å². The minimum atomic E-state index is 0.626. The van der Waals surface area contributed by atoms with Gasteiger partial charge in [-0.25, -0.2) is 15.0 Å². The van der Waals surface area contributed by atoms with Gasteiger partial charge in [-0.15, -0.1) is 0 Å². The Balaban J connectivity index is 1.63. The first-order chi connectivity index (χ1) is 15.2. The zero-order valence-electron chi connectivity index (χ0n) is 16.6. The molecule has 0 aliphatic carbocycles. The number of imidazole rings is 1. The maximum Gasteiger partial charge on any atom is 0.159 e. The van der Waals surface area contributed by atoms with Crippen LogP contribution in [0.5, 0.6) is 0 Å². The van der Waals surface area contributed by atoms with Gasteiger partial charge in [-0.3, -0.25) is 20.1 Å². The summed E-state index contributed by atoms with van der Waals surface area (Å²) in [7, 11) is 0. The third-order valence-electron chi connectivity index (χ3n) is 4.82. The minimum absolute atomic E-state index is 0.626. The van der Waals surface area contributed by atoms with Crippen LogP contribution in [0.15, 0.2) is 65.1 Å². The van der Waals surface area contributed by atoms with Crippen molar-refractivity contribution in [2.45, 2.75) is 6.92 Å². The number of nitrogens with zero attached hydrogens (tertiary/aromatic N) is 7. The number of aromatic nitrogens is 7. The van der Waals surface area contributed by atoms with Crippen LogP contribution in [0.3, 0.4) is 0 Å². The molecule has 0 radical (unpaired) electrons. The predicted octanol–water partition coefficient (Wildman–Crippen LogP) is 4.05. The quantitative estimate of drug-likeness (QED) is 0.336. The minimum Gasteiger partial charge on any atom is -0.336 e. The van der Waals surface area contributed by atoms with E-state index in [1.807, 2.05) is 37.3 Å². The normalized spacial score (nSPS) is 12.2. The van der Waals surface area contributed by atoms with E-state index in [2.05, 4.69) is 46.8 Å². The maximum absolute atomic E-state index is 4.79. The fraction of sp³-hybridized carbons (Fsp3) is 0.0455. The summed E-state index contributed by atoms with van der Waals surface area (Å²) in [5, 5.41) is 8.27. The molecule has 0 bridgehead atoms. The lowest BCUT2D eigenvalue weighted by Crippen LogP contribution is -1.88. The summed E-state index contributed by atoms with van der Waals surface area (Å²) < 4.78 is 0. The zero-order valence-corrected chi connectivity index (χ0v) is 16.6. The van der Waals surface area contributed by atoms with Crippen LogP contribution < -0.4 is 0 Å². The molecule has 0 aliphatic heterocycles. The number of nitrogens with one attached hydrogen (secondary N) is 2. The number of pyridine rings is 3. The number of aliphatic imine (C=N–C) groups is 2. The molecule has 0 aliphatic rings. The van der Waals surface area contributed by atoms with Gasteiger partial charge in [0.1, 0.15) is 23.2 Å². The van der Waals surface area contributed by atoms with Crippen molar-refractivity contribution < 1.29 is 0 Å². The van der Waals surface area contributed by atoms with Crippen LogP contribution in [0.2, 0.25) is 0 Å². The summed E-state index contributed by atoms with van der Waals surface area (Å²) in [4.78, 5) is 29.2. The highest BCUT2D eigenvalue weighted by atomic mass is 15.2. The standard InChI is InChI=1S/C22H17N9/c1-13(10-24-12-23-2)14-9-15-18(30-31-21(15)27-11-14)22-28-17-6-8-26-19(20(17)29-22)16-5-3-4-7-25-16/h3-12H,2H2,1H3,(H,28,29)(H,27,30,31)/b13-10+,24-12-. The lowest BCUT2D eigenvalue weighted by atomic mass is 10.1. The van der Waals surface area contributed by atoms with Gasteiger partial charge in [-0.2, -0.15) is 5.10 Å². The molecule has 0 spiro atoms. The molecule has 5 rings (SSSR count). The number of fused-ring (bicyclic) bond motifs is 2. The molecule has 0 saturated heterocycles. The van der Waals surface area contributed by atoms with E-state index >= 15 is 0 Å². The van der Waals surface area contributed by atoms with Gasteiger partial charge >= 0.3 is 0 Å². The number of H-pyrrole nitrogens is 2. The molecule has 31 heavy (non-hydrogen) atoms. The second-order valence-electron chi connectivity index (χ2n) is 6.81. The predicted molar refractivity (Wildman–Crippen MR) is 122 cm³/mol. The van der Waals surface area contributed by atoms with Crippen molar-refractivity contribution in [2.75, 3.05) is 0 Å². The highest BCUT2D eigenvalue weighted by Crippen LogP contribution is 2.30. The molecule has 5 aromatic heterocycles. The number of allylic oxidation sites excluding steroid dienone is 1. The van der Waals surface area contributed by atoms with E-state index in [9.17, 15) is 0 Å². The molecule has 0 atom stereocenters. The molecule has 0 fully saturated rings. The lowest BCUT2D eigenvalue weighted by Gasteiger charge is -2.00. The first-order valence-corrected chi connectivity index (χ1v) is 9.50. The summed E-state index contributed by atoms with van der Waals surface area (Å²) in [5.41, 5.74) is 6.27. The molecule has 0 amide bonds. The Kier molecular flexibility index (Phi) is 4.60. The Morgan fingerprint density at radius 1 is 1.10 bits per heavy atom. The van der Waals surface area contributed by atoms with Crippen LogP contribution in [0, 0.1) is 0 Å². The fourth-order valence-electron chi connectivity index (χ4n) is 3.30. The first-order valence-electron chi connectivity index (χ1n) is 9.50. The van der Waals surface area contributed by atoms with Gasteiger partial charge in [0.05, 0.1) is 16.6 Å². The molecule has 150 valence electrons. The largest absolute Gasteiger partial charge is 0.336 e. The summed E-state index contributed by atoms with van der Waals surface area (Å²) in [6, 6.07) is 9.60. The summed E-state index contributed by atoms with van der Waals surface area (Å²) in [6.07, 6.45) is 8.35. The Bertz CT molecular complexity index is 1460. The maximum atomic E-state index is 4.79. The average Bonchev–Trinajstić information content (AvgIpc) is 3.43. The van der Waals surface area contributed by atoms with Crippen LogP contribution in [0.1, 0.15) is 12.5 Å². The van der Waals surface area contributed by atoms with Crippen molar-refractivity contribution in [3.05, 3.63) is 60.7 Å². The summed E-state index contributed by atoms with van der Waals surface area (Å²) in [6.45, 7) is 5.33. The van der Waals surface area contributed by atoms with E-state index in [1.54, 1.807) is 24.8 Å². The average molecular weight is 407 g/mol. The van der Waals surface area contributed by atoms with Crippen molar-refractivity contribution in [1.29, 1.82) is 0 Å². The second kappa shape index (κ2) is 7.71. The van der Waals surface area contributed by atoms with Crippen molar-refractivity contribution in [1.82, 2.24) is 35.1 Å². The van der Waals surface area contributed by atoms with E-state index in [0.717, 1.165) is 33.3 Å². The molecule has 2 N–H and O–H groups in total. The van der Waals surface area contributed by atoms with Crippen molar-refractivity contribution in [2.24, 2.45) is 9.98 Å². The number of hydrogen-bond acceptors (Lipinski definition) is 6. The SMILES string of the molecule is C=N/C=N\C=C(/C)c1cnc2[nH]nc(-c3nc4c(-c5ccccn5)nccc4[nH]3)c2c1. The topological polar surface area (TPSA) is 121 Å². The number of aromatic amines is 2. The number of hydrogen-bond donors (Lipinski definition) is 2. The molecule has 0 unspecified atom stereocenters. The fourth-order valence-corrected chi connectivity index (χ4v) is 3.30. The molecular formula is C22H17N9. The first kappa shape index (κ1) is 18.5. The van der Waals surface area contributed by atoms with Crippen LogP contribution in [-0.2, 0) is 0 Å². The third kappa shape index (κ3) is 3.38. The zero-order chi connectivity index (χ0) is 21.2. The Morgan fingerprint density at radius 3 is 2.87 bits per heavy atom. The molecule has 9 nitrogen and oxygen atoms in total. The van der Waals surface area contributed by atoms with Crippen LogP contribution >= 0.6 is 0 Å². The van der Waals surface area contributed by atoms with E-state index in [0.29, 0.717) is 22.9 Å². The molecular weight excluding hydrogens is 390 g/mol. The van der Waals surface area contributed by atoms with Gasteiger partial charge in [0.25, 0.3) is 0 Å². The third-order valence-corrected chi connectivity index (χ3v) is 4.82. The van der Waals surface area contributed by atoms with Crippen molar-refractivity contribution in [3.63, 3.8) is 0 Å². The van der Waals surface area contributed by atoms with E-state index in [-0.39, 0.29) is 0 Å². The Hall–Kier alpha value is -4.53. The Labute approximate surface area is 176 Å². The molecule has 0 aromatic carbocycles. The second-order valence-corrected chi connectivity index (χ2v) is 6.81. The van der Waals surface area contributed by atoms with Gasteiger partial charge in [-0.1, -0.05) is 6.07 Å². The van der Waals surface area contributed by atoms with E-state index < -0.39 is 0 Å². The van der Waals surface area contributed by atoms with Gasteiger partial charge in [0.2, 0.25) is 0 Å². The highest BCUT2D eigenvalue weighted by molar-refractivity contribution is 5.95. The van der Waals surface area contributed by atoms with Crippen molar-refractivity contribution in [3.8, 4) is 22.9 Å². The van der Waals surface area contributed by atoms with Gasteiger partial charge in [0.15, 0.2) is 11.5 Å². The van der Waals surface area contributed by atoms with Crippen LogP contribution in [0.25, 0.3) is 50.5 Å². The van der Waals surface area contributed by atoms with Crippen LogP contribution in [-0.4, -0.2) is 48.2 Å². The molecule has 5 heterocycles. The summed E-state index contributed by atoms with van der Waals surface area (Å²) in [5.74, 6) is 0.626. The molecule has 9 heteroatoms. The van der Waals surface area contributed by atoms with E-state index in [4.69, 9.17) is 4.98 Å². The number of rotatable bonds is 5. The van der Waals surface area contributed by atoms with Gasteiger partial charge in [0, 0.05) is 24.8 Å². The smallest absolute Gasteiger partial charge is 0.159 e. The van der Waals surface area contributed by atoms with Crippen molar-refractivity contribution >= 4 is 40.7 Å². The molecule has 0 saturated carbocycles. The molecule has 5 aromatic rings. The lowest BCUT2D eigenvalue weighted by molar-refractivity contribution is 1.09. The Morgan fingerprint density at radius 2 is 2.03 bits per heavy atom. The highest BCUT2D eigenvalue weighted by Gasteiger charge is 2.17. The monoisotopic (exact) mass is 407 g/mol. The summed E-state index contributed by atoms with van der Waals surface area (Å²) >= 11 is 0. The van der Waals surface area contributed by atoms with Crippen LogP contribution in [0.4, 0.5) is 0 Å². The van der Waals surface area contributed by atoms with Gasteiger partial charge in [-0.05, 0) is 49.0 Å². The van der Waals surface area contributed by atoms with E-state index in [1.165, 1.54) is 6.34 Å².